The zero-order chi connectivity index (χ0) is 15.0. The first-order valence-electron chi connectivity index (χ1n) is 6.45. The minimum absolute atomic E-state index is 0.226. The van der Waals surface area contributed by atoms with Gasteiger partial charge in [-0.25, -0.2) is 4.98 Å². The van der Waals surface area contributed by atoms with E-state index < -0.39 is 11.8 Å². The lowest BCUT2D eigenvalue weighted by Crippen LogP contribution is -2.35. The summed E-state index contributed by atoms with van der Waals surface area (Å²) in [5.41, 5.74) is 4.82. The third kappa shape index (κ3) is 4.85. The van der Waals surface area contributed by atoms with Crippen molar-refractivity contribution in [3.63, 3.8) is 0 Å². The molecule has 0 radical (unpaired) electrons. The number of carbonyl (C=O) groups is 2. The van der Waals surface area contributed by atoms with E-state index in [9.17, 15) is 14.7 Å². The van der Waals surface area contributed by atoms with Gasteiger partial charge in [0.15, 0.2) is 5.69 Å². The number of carbonyl (C=O) groups excluding carboxylic acids is 2. The van der Waals surface area contributed by atoms with E-state index in [4.69, 9.17) is 10.5 Å². The number of aromatic nitrogens is 1. The molecule has 7 heteroatoms. The summed E-state index contributed by atoms with van der Waals surface area (Å²) in [4.78, 5) is 26.6. The Bertz CT molecular complexity index is 477. The number of rotatable bonds is 7. The summed E-state index contributed by atoms with van der Waals surface area (Å²) in [6, 6.07) is 2.76. The predicted octanol–water partition coefficient (Wildman–Crippen LogP) is 0.571. The monoisotopic (exact) mass is 281 g/mol. The Morgan fingerprint density at radius 2 is 2.15 bits per heavy atom. The molecular weight excluding hydrogens is 262 g/mol. The highest BCUT2D eigenvalue weighted by Gasteiger charge is 2.16. The maximum atomic E-state index is 11.7. The number of nitrogens with one attached hydrogen (secondary N) is 1. The third-order valence-corrected chi connectivity index (χ3v) is 2.50. The lowest BCUT2D eigenvalue weighted by atomic mass is 10.3. The van der Waals surface area contributed by atoms with Crippen LogP contribution >= 0.6 is 0 Å². The van der Waals surface area contributed by atoms with Crippen LogP contribution in [0.1, 0.15) is 36.7 Å². The maximum Gasteiger partial charge on any atom is 0.280 e. The van der Waals surface area contributed by atoms with Crippen LogP contribution in [0.2, 0.25) is 0 Å². The lowest BCUT2D eigenvalue weighted by molar-refractivity contribution is -0.118. The first-order valence-corrected chi connectivity index (χ1v) is 6.45. The largest absolute Gasteiger partial charge is 0.505 e. The Kier molecular flexibility index (Phi) is 6.45. The number of nitrogens with two attached hydrogens (primary N) is 1. The fourth-order valence-electron chi connectivity index (χ4n) is 1.45. The first kappa shape index (κ1) is 15.9. The average Bonchev–Trinajstić information content (AvgIpc) is 2.44. The summed E-state index contributed by atoms with van der Waals surface area (Å²) in [5, 5.41) is 11.6. The zero-order valence-corrected chi connectivity index (χ0v) is 11.4. The topological polar surface area (TPSA) is 115 Å². The minimum atomic E-state index is -0.808. The number of imide groups is 1. The van der Waals surface area contributed by atoms with E-state index in [0.717, 1.165) is 19.3 Å². The minimum Gasteiger partial charge on any atom is -0.505 e. The quantitative estimate of drug-likeness (QED) is 0.629. The molecule has 7 nitrogen and oxygen atoms in total. The van der Waals surface area contributed by atoms with Crippen molar-refractivity contribution in [1.82, 2.24) is 10.3 Å². The van der Waals surface area contributed by atoms with Crippen LogP contribution in [-0.4, -0.2) is 35.1 Å². The fraction of sp³-hybridized carbons (Fsp3) is 0.462. The number of ether oxygens (including phenoxy) is 1. The van der Waals surface area contributed by atoms with Crippen molar-refractivity contribution in [1.29, 1.82) is 0 Å². The standard InChI is InChI=1S/C13H19N3O4/c1-2-3-4-7-20-11-6-5-9(17)12(16-11)13(19)15-10(18)8-14/h5-6,17H,2-4,7-8,14H2,1H3,(H,15,18,19). The fourth-order valence-corrected chi connectivity index (χ4v) is 1.45. The van der Waals surface area contributed by atoms with Crippen LogP contribution in [0.15, 0.2) is 12.1 Å². The van der Waals surface area contributed by atoms with E-state index in [1.807, 2.05) is 5.32 Å². The second kappa shape index (κ2) is 8.11. The molecular formula is C13H19N3O4. The molecule has 0 fully saturated rings. The molecule has 2 amide bonds. The maximum absolute atomic E-state index is 11.7. The van der Waals surface area contributed by atoms with Crippen LogP contribution in [0.4, 0.5) is 0 Å². The third-order valence-electron chi connectivity index (χ3n) is 2.50. The van der Waals surface area contributed by atoms with Gasteiger partial charge in [-0.3, -0.25) is 14.9 Å². The summed E-state index contributed by atoms with van der Waals surface area (Å²) in [6.45, 7) is 2.24. The van der Waals surface area contributed by atoms with Gasteiger partial charge in [0.25, 0.3) is 5.91 Å². The Morgan fingerprint density at radius 1 is 1.40 bits per heavy atom. The molecule has 0 saturated heterocycles. The molecule has 0 aromatic carbocycles. The van der Waals surface area contributed by atoms with Crippen molar-refractivity contribution < 1.29 is 19.4 Å². The number of hydrogen-bond acceptors (Lipinski definition) is 6. The van der Waals surface area contributed by atoms with Gasteiger partial charge >= 0.3 is 0 Å². The van der Waals surface area contributed by atoms with Gasteiger partial charge in [-0.05, 0) is 12.5 Å². The number of unbranched alkanes of at least 4 members (excludes halogenated alkanes) is 2. The molecule has 0 aliphatic carbocycles. The van der Waals surface area contributed by atoms with E-state index in [2.05, 4.69) is 11.9 Å². The molecule has 0 atom stereocenters. The molecule has 4 N–H and O–H groups in total. The van der Waals surface area contributed by atoms with Gasteiger partial charge < -0.3 is 15.6 Å². The number of amides is 2. The summed E-state index contributed by atoms with van der Waals surface area (Å²) >= 11 is 0. The van der Waals surface area contributed by atoms with Crippen molar-refractivity contribution in [2.45, 2.75) is 26.2 Å². The number of pyridine rings is 1. The molecule has 0 saturated carbocycles. The molecule has 0 spiro atoms. The van der Waals surface area contributed by atoms with Gasteiger partial charge in [-0.15, -0.1) is 0 Å². The molecule has 1 aromatic rings. The first-order chi connectivity index (χ1) is 9.58. The second-order valence-corrected chi connectivity index (χ2v) is 4.15. The molecule has 0 aliphatic heterocycles. The van der Waals surface area contributed by atoms with Crippen LogP contribution in [0.25, 0.3) is 0 Å². The normalized spacial score (nSPS) is 10.1. The average molecular weight is 281 g/mol. The van der Waals surface area contributed by atoms with Crippen LogP contribution in [-0.2, 0) is 4.79 Å². The van der Waals surface area contributed by atoms with Crippen LogP contribution in [0.5, 0.6) is 11.6 Å². The van der Waals surface area contributed by atoms with Crippen molar-refractivity contribution in [2.75, 3.05) is 13.2 Å². The molecule has 0 aliphatic rings. The van der Waals surface area contributed by atoms with Gasteiger partial charge in [0.2, 0.25) is 11.8 Å². The van der Waals surface area contributed by atoms with Crippen molar-refractivity contribution in [3.05, 3.63) is 17.8 Å². The summed E-state index contributed by atoms with van der Waals surface area (Å²) in [7, 11) is 0. The summed E-state index contributed by atoms with van der Waals surface area (Å²) < 4.78 is 5.37. The SMILES string of the molecule is CCCCCOc1ccc(O)c(C(=O)NC(=O)CN)n1. The highest BCUT2D eigenvalue weighted by atomic mass is 16.5. The highest BCUT2D eigenvalue weighted by Crippen LogP contribution is 2.19. The zero-order valence-electron chi connectivity index (χ0n) is 11.4. The smallest absolute Gasteiger partial charge is 0.280 e. The summed E-state index contributed by atoms with van der Waals surface area (Å²) in [6.07, 6.45) is 2.99. The Balaban J connectivity index is 2.70. The van der Waals surface area contributed by atoms with Crippen molar-refractivity contribution in [2.24, 2.45) is 5.73 Å². The van der Waals surface area contributed by atoms with Crippen LogP contribution < -0.4 is 15.8 Å². The van der Waals surface area contributed by atoms with E-state index >= 15 is 0 Å². The Labute approximate surface area is 117 Å². The van der Waals surface area contributed by atoms with Crippen LogP contribution in [0, 0.1) is 0 Å². The molecule has 1 rings (SSSR count). The Morgan fingerprint density at radius 3 is 2.80 bits per heavy atom. The predicted molar refractivity (Wildman–Crippen MR) is 72.4 cm³/mol. The van der Waals surface area contributed by atoms with Crippen molar-refractivity contribution >= 4 is 11.8 Å². The number of nitrogens with zero attached hydrogens (tertiary/aromatic N) is 1. The highest BCUT2D eigenvalue weighted by molar-refractivity contribution is 6.05. The van der Waals surface area contributed by atoms with E-state index in [1.54, 1.807) is 0 Å². The van der Waals surface area contributed by atoms with Gasteiger partial charge in [-0.2, -0.15) is 0 Å². The molecule has 1 aromatic heterocycles. The molecule has 20 heavy (non-hydrogen) atoms. The van der Waals surface area contributed by atoms with Gasteiger partial charge in [0.1, 0.15) is 5.75 Å². The molecule has 1 heterocycles. The summed E-state index contributed by atoms with van der Waals surface area (Å²) in [5.74, 6) is -1.56. The second-order valence-electron chi connectivity index (χ2n) is 4.15. The van der Waals surface area contributed by atoms with Gasteiger partial charge in [0, 0.05) is 6.07 Å². The molecule has 0 unspecified atom stereocenters. The lowest BCUT2D eigenvalue weighted by Gasteiger charge is -2.08. The Hall–Kier alpha value is -2.15. The van der Waals surface area contributed by atoms with Gasteiger partial charge in [0.05, 0.1) is 13.2 Å². The molecule has 0 bridgehead atoms. The van der Waals surface area contributed by atoms with E-state index in [0.29, 0.717) is 6.61 Å². The van der Waals surface area contributed by atoms with E-state index in [1.165, 1.54) is 12.1 Å². The van der Waals surface area contributed by atoms with Gasteiger partial charge in [-0.1, -0.05) is 19.8 Å². The number of hydrogen-bond donors (Lipinski definition) is 3. The van der Waals surface area contributed by atoms with E-state index in [-0.39, 0.29) is 23.9 Å². The van der Waals surface area contributed by atoms with Crippen molar-refractivity contribution in [3.8, 4) is 11.6 Å². The van der Waals surface area contributed by atoms with Crippen LogP contribution in [0.3, 0.4) is 0 Å². The molecule has 110 valence electrons. The number of aromatic hydroxyl groups is 1.